The van der Waals surface area contributed by atoms with Crippen LogP contribution in [0.15, 0.2) is 24.5 Å². The van der Waals surface area contributed by atoms with Gasteiger partial charge in [-0.15, -0.1) is 0 Å². The summed E-state index contributed by atoms with van der Waals surface area (Å²) in [6.07, 6.45) is -3.55. The molecule has 98 valence electrons. The van der Waals surface area contributed by atoms with Gasteiger partial charge < -0.3 is 10.4 Å². The van der Waals surface area contributed by atoms with Crippen molar-refractivity contribution < 1.29 is 27.9 Å². The van der Waals surface area contributed by atoms with E-state index in [2.05, 4.69) is 4.98 Å². The fourth-order valence-corrected chi connectivity index (χ4v) is 1.17. The number of nitrogens with zero attached hydrogens (tertiary/aromatic N) is 1. The molecule has 1 aromatic rings. The van der Waals surface area contributed by atoms with E-state index in [1.165, 1.54) is 24.5 Å². The van der Waals surface area contributed by atoms with Crippen LogP contribution in [0.1, 0.15) is 16.8 Å². The van der Waals surface area contributed by atoms with Crippen LogP contribution in [-0.2, 0) is 4.79 Å². The molecule has 1 aromatic heterocycles. The van der Waals surface area contributed by atoms with E-state index >= 15 is 0 Å². The lowest BCUT2D eigenvalue weighted by atomic mass is 10.1. The van der Waals surface area contributed by atoms with Crippen molar-refractivity contribution >= 4 is 11.9 Å². The highest BCUT2D eigenvalue weighted by atomic mass is 19.4. The van der Waals surface area contributed by atoms with E-state index in [0.29, 0.717) is 0 Å². The zero-order valence-corrected chi connectivity index (χ0v) is 8.94. The molecule has 0 spiro atoms. The molecule has 0 aliphatic carbocycles. The zero-order valence-electron chi connectivity index (χ0n) is 8.94. The molecule has 0 radical (unpaired) electrons. The number of amides is 1. The third-order valence-electron chi connectivity index (χ3n) is 2.02. The molecule has 1 atom stereocenters. The number of aromatic nitrogens is 1. The summed E-state index contributed by atoms with van der Waals surface area (Å²) in [7, 11) is 0. The fraction of sp³-hybridized carbons (Fsp3) is 0.300. The minimum absolute atomic E-state index is 0.0235. The summed E-state index contributed by atoms with van der Waals surface area (Å²) < 4.78 is 37.4. The van der Waals surface area contributed by atoms with Gasteiger partial charge in [-0.25, -0.2) is 0 Å². The average molecular weight is 262 g/mol. The highest BCUT2D eigenvalue weighted by Gasteiger charge is 2.42. The number of nitrogens with one attached hydrogen (secondary N) is 1. The first kappa shape index (κ1) is 13.9. The highest BCUT2D eigenvalue weighted by molar-refractivity contribution is 5.94. The first-order chi connectivity index (χ1) is 8.30. The van der Waals surface area contributed by atoms with Crippen molar-refractivity contribution in [2.45, 2.75) is 18.6 Å². The summed E-state index contributed by atoms with van der Waals surface area (Å²) in [5.74, 6) is -2.65. The fourth-order valence-electron chi connectivity index (χ4n) is 1.17. The van der Waals surface area contributed by atoms with Crippen LogP contribution in [0.5, 0.6) is 0 Å². The second-order valence-corrected chi connectivity index (χ2v) is 3.40. The summed E-state index contributed by atoms with van der Waals surface area (Å²) in [6.45, 7) is 0. The van der Waals surface area contributed by atoms with E-state index in [0.717, 1.165) is 0 Å². The maximum Gasteiger partial charge on any atom is 0.409 e. The molecule has 0 aliphatic rings. The van der Waals surface area contributed by atoms with Gasteiger partial charge in [0.15, 0.2) is 0 Å². The first-order valence-corrected chi connectivity index (χ1v) is 4.80. The zero-order chi connectivity index (χ0) is 13.8. The van der Waals surface area contributed by atoms with Gasteiger partial charge in [-0.05, 0) is 12.1 Å². The number of hydrogen-bond acceptors (Lipinski definition) is 3. The van der Waals surface area contributed by atoms with Gasteiger partial charge in [0.1, 0.15) is 6.04 Å². The van der Waals surface area contributed by atoms with E-state index in [1.807, 2.05) is 0 Å². The molecule has 0 fully saturated rings. The van der Waals surface area contributed by atoms with Gasteiger partial charge in [0, 0.05) is 18.0 Å². The van der Waals surface area contributed by atoms with E-state index < -0.39 is 30.5 Å². The number of alkyl halides is 3. The van der Waals surface area contributed by atoms with Gasteiger partial charge >= 0.3 is 12.1 Å². The quantitative estimate of drug-likeness (QED) is 0.855. The third kappa shape index (κ3) is 4.04. The van der Waals surface area contributed by atoms with Gasteiger partial charge in [0.25, 0.3) is 5.91 Å². The number of carboxylic acids is 1. The summed E-state index contributed by atoms with van der Waals surface area (Å²) in [4.78, 5) is 25.4. The molecular formula is C10H9F3N2O3. The van der Waals surface area contributed by atoms with Gasteiger partial charge in [-0.1, -0.05) is 0 Å². The Morgan fingerprint density at radius 3 is 2.33 bits per heavy atom. The highest BCUT2D eigenvalue weighted by Crippen LogP contribution is 2.22. The molecule has 1 unspecified atom stereocenters. The Morgan fingerprint density at radius 2 is 1.89 bits per heavy atom. The lowest BCUT2D eigenvalue weighted by Gasteiger charge is -2.19. The average Bonchev–Trinajstić information content (AvgIpc) is 2.27. The van der Waals surface area contributed by atoms with Crippen molar-refractivity contribution in [1.29, 1.82) is 0 Å². The smallest absolute Gasteiger partial charge is 0.409 e. The van der Waals surface area contributed by atoms with Crippen molar-refractivity contribution in [2.75, 3.05) is 0 Å². The molecule has 0 saturated heterocycles. The Kier molecular flexibility index (Phi) is 4.24. The van der Waals surface area contributed by atoms with Crippen molar-refractivity contribution in [3.05, 3.63) is 30.1 Å². The number of rotatable bonds is 4. The number of pyridine rings is 1. The first-order valence-electron chi connectivity index (χ1n) is 4.80. The van der Waals surface area contributed by atoms with Gasteiger partial charge in [0.05, 0.1) is 6.42 Å². The standard InChI is InChI=1S/C10H9F3N2O3/c11-10(12,13)7(5-8(16)17)15-9(18)6-1-3-14-4-2-6/h1-4,7H,5H2,(H,15,18)(H,16,17). The molecule has 0 aromatic carbocycles. The van der Waals surface area contributed by atoms with Crippen LogP contribution in [0.3, 0.4) is 0 Å². The van der Waals surface area contributed by atoms with Crippen molar-refractivity contribution in [3.63, 3.8) is 0 Å². The molecule has 1 amide bonds. The number of hydrogen-bond donors (Lipinski definition) is 2. The largest absolute Gasteiger partial charge is 0.481 e. The number of aliphatic carboxylic acids is 1. The Balaban J connectivity index is 2.78. The van der Waals surface area contributed by atoms with Crippen LogP contribution in [0.2, 0.25) is 0 Å². The van der Waals surface area contributed by atoms with Gasteiger partial charge in [-0.2, -0.15) is 13.2 Å². The second kappa shape index (κ2) is 5.48. The van der Waals surface area contributed by atoms with Crippen molar-refractivity contribution in [1.82, 2.24) is 10.3 Å². The predicted octanol–water partition coefficient (Wildman–Crippen LogP) is 1.22. The minimum atomic E-state index is -4.82. The van der Waals surface area contributed by atoms with Gasteiger partial charge in [-0.3, -0.25) is 14.6 Å². The maximum atomic E-state index is 12.5. The predicted molar refractivity (Wildman–Crippen MR) is 53.8 cm³/mol. The number of halogens is 3. The van der Waals surface area contributed by atoms with Crippen molar-refractivity contribution in [3.8, 4) is 0 Å². The van der Waals surface area contributed by atoms with Crippen molar-refractivity contribution in [2.24, 2.45) is 0 Å². The maximum absolute atomic E-state index is 12.5. The summed E-state index contributed by atoms with van der Waals surface area (Å²) >= 11 is 0. The number of carbonyl (C=O) groups is 2. The summed E-state index contributed by atoms with van der Waals surface area (Å²) in [5, 5.41) is 10.0. The minimum Gasteiger partial charge on any atom is -0.481 e. The molecule has 0 bridgehead atoms. The van der Waals surface area contributed by atoms with E-state index in [-0.39, 0.29) is 5.56 Å². The van der Waals surface area contributed by atoms with E-state index in [4.69, 9.17) is 5.11 Å². The summed E-state index contributed by atoms with van der Waals surface area (Å²) in [5.41, 5.74) is -0.0235. The second-order valence-electron chi connectivity index (χ2n) is 3.40. The lowest BCUT2D eigenvalue weighted by molar-refractivity contribution is -0.165. The third-order valence-corrected chi connectivity index (χ3v) is 2.02. The van der Waals surface area contributed by atoms with Crippen LogP contribution in [-0.4, -0.2) is 34.2 Å². The molecular weight excluding hydrogens is 253 g/mol. The topological polar surface area (TPSA) is 79.3 Å². The Bertz CT molecular complexity index is 434. The monoisotopic (exact) mass is 262 g/mol. The van der Waals surface area contributed by atoms with Crippen LogP contribution in [0, 0.1) is 0 Å². The van der Waals surface area contributed by atoms with Crippen LogP contribution >= 0.6 is 0 Å². The Morgan fingerprint density at radius 1 is 1.33 bits per heavy atom. The van der Waals surface area contributed by atoms with Gasteiger partial charge in [0.2, 0.25) is 0 Å². The molecule has 18 heavy (non-hydrogen) atoms. The molecule has 5 nitrogen and oxygen atoms in total. The molecule has 2 N–H and O–H groups in total. The normalized spacial score (nSPS) is 12.8. The summed E-state index contributed by atoms with van der Waals surface area (Å²) in [6, 6.07) is 0.0308. The molecule has 0 saturated carbocycles. The number of carbonyl (C=O) groups excluding carboxylic acids is 1. The molecule has 8 heteroatoms. The molecule has 0 aliphatic heterocycles. The van der Waals surface area contributed by atoms with Crippen LogP contribution < -0.4 is 5.32 Å². The molecule has 1 heterocycles. The number of carboxylic acid groups (broad SMARTS) is 1. The van der Waals surface area contributed by atoms with Crippen LogP contribution in [0.4, 0.5) is 13.2 Å². The van der Waals surface area contributed by atoms with E-state index in [1.54, 1.807) is 5.32 Å². The SMILES string of the molecule is O=C(O)CC(NC(=O)c1ccncc1)C(F)(F)F. The Hall–Kier alpha value is -2.12. The Labute approximate surface area is 99.6 Å². The van der Waals surface area contributed by atoms with Crippen LogP contribution in [0.25, 0.3) is 0 Å². The van der Waals surface area contributed by atoms with E-state index in [9.17, 15) is 22.8 Å². The lowest BCUT2D eigenvalue weighted by Crippen LogP contribution is -2.46. The molecule has 1 rings (SSSR count).